The van der Waals surface area contributed by atoms with Crippen LogP contribution in [0.15, 0.2) is 54.6 Å². The lowest BCUT2D eigenvalue weighted by molar-refractivity contribution is 0.657. The highest BCUT2D eigenvalue weighted by atomic mass is 16.6. The molecule has 0 unspecified atom stereocenters. The van der Waals surface area contributed by atoms with E-state index in [0.717, 1.165) is 38.7 Å². The van der Waals surface area contributed by atoms with Gasteiger partial charge in [0.05, 0.1) is 11.0 Å². The van der Waals surface area contributed by atoms with Gasteiger partial charge in [-0.2, -0.15) is 0 Å². The molecule has 2 heteroatoms. The number of aromatic nitrogens is 1. The first-order chi connectivity index (χ1) is 9.42. The topological polar surface area (TPSA) is 25.4 Å². The molecule has 88 valence electrons. The number of para-hydroxylation sites is 1. The number of fused-ring (bicyclic) bond motifs is 7. The van der Waals surface area contributed by atoms with E-state index in [1.54, 1.807) is 0 Å². The minimum atomic E-state index is 0.993. The van der Waals surface area contributed by atoms with Crippen LogP contribution in [0.2, 0.25) is 0 Å². The molecule has 1 aliphatic rings. The van der Waals surface area contributed by atoms with Crippen molar-refractivity contribution < 1.29 is 4.74 Å². The zero-order valence-electron chi connectivity index (χ0n) is 10.1. The van der Waals surface area contributed by atoms with Crippen LogP contribution >= 0.6 is 0 Å². The fourth-order valence-electron chi connectivity index (χ4n) is 2.81. The Labute approximate surface area is 109 Å². The second-order valence-corrected chi connectivity index (χ2v) is 4.88. The van der Waals surface area contributed by atoms with Crippen molar-refractivity contribution in [3.8, 4) is 11.5 Å². The van der Waals surface area contributed by atoms with E-state index < -0.39 is 0 Å². The predicted molar refractivity (Wildman–Crippen MR) is 76.8 cm³/mol. The van der Waals surface area contributed by atoms with E-state index in [4.69, 9.17) is 9.72 Å². The zero-order chi connectivity index (χ0) is 12.4. The maximum Gasteiger partial charge on any atom is 0.180 e. The largest absolute Gasteiger partial charge is 0.448 e. The molecule has 2 nitrogen and oxygen atoms in total. The monoisotopic (exact) mass is 243 g/mol. The molecule has 0 aliphatic carbocycles. The van der Waals surface area contributed by atoms with E-state index in [9.17, 15) is 0 Å². The van der Waals surface area contributed by atoms with E-state index in [-0.39, 0.29) is 0 Å². The Bertz CT molecular complexity index is 988. The van der Waals surface area contributed by atoms with Gasteiger partial charge in [-0.3, -0.25) is 0 Å². The predicted octanol–water partition coefficient (Wildman–Crippen LogP) is 4.65. The Hall–Kier alpha value is -2.61. The van der Waals surface area contributed by atoms with Gasteiger partial charge in [0.25, 0.3) is 0 Å². The highest BCUT2D eigenvalue weighted by Gasteiger charge is 2.28. The van der Waals surface area contributed by atoms with Crippen LogP contribution in [-0.4, -0.2) is 4.98 Å². The molecule has 2 heterocycles. The number of nitrogens with zero attached hydrogens (tertiary/aromatic N) is 1. The summed E-state index contributed by atoms with van der Waals surface area (Å²) in [5.41, 5.74) is 2.06. The Kier molecular flexibility index (Phi) is 1.49. The summed E-state index contributed by atoms with van der Waals surface area (Å²) in [5, 5.41) is 4.60. The number of pyridine rings is 1. The fraction of sp³-hybridized carbons (Fsp3) is 0. The highest BCUT2D eigenvalue weighted by molar-refractivity contribution is 6.17. The Morgan fingerprint density at radius 3 is 2.42 bits per heavy atom. The summed E-state index contributed by atoms with van der Waals surface area (Å²) in [7, 11) is 0. The lowest BCUT2D eigenvalue weighted by Crippen LogP contribution is -1.82. The maximum absolute atomic E-state index is 5.67. The van der Waals surface area contributed by atoms with Crippen molar-refractivity contribution in [2.75, 3.05) is 0 Å². The van der Waals surface area contributed by atoms with Crippen molar-refractivity contribution in [1.82, 2.24) is 4.98 Å². The molecule has 0 fully saturated rings. The van der Waals surface area contributed by atoms with Crippen molar-refractivity contribution in [2.24, 2.45) is 0 Å². The fourth-order valence-corrected chi connectivity index (χ4v) is 2.81. The van der Waals surface area contributed by atoms with E-state index >= 15 is 0 Å². The number of hydrogen-bond donors (Lipinski definition) is 0. The molecule has 0 N–H and O–H groups in total. The van der Waals surface area contributed by atoms with Gasteiger partial charge >= 0.3 is 0 Å². The minimum absolute atomic E-state index is 0.993. The van der Waals surface area contributed by atoms with E-state index in [0.29, 0.717) is 0 Å². The molecule has 1 aromatic heterocycles. The summed E-state index contributed by atoms with van der Waals surface area (Å²) in [6.45, 7) is 0. The SMILES string of the molecule is c1ccc2nc3c(cc2c1)c1c(c2ccccc23)O1. The molecule has 0 amide bonds. The van der Waals surface area contributed by atoms with Gasteiger partial charge in [-0.15, -0.1) is 0 Å². The van der Waals surface area contributed by atoms with E-state index in [1.807, 2.05) is 24.3 Å². The first-order valence-corrected chi connectivity index (χ1v) is 6.34. The third-order valence-corrected chi connectivity index (χ3v) is 3.76. The minimum Gasteiger partial charge on any atom is -0.448 e. The first-order valence-electron chi connectivity index (χ1n) is 6.34. The van der Waals surface area contributed by atoms with Crippen molar-refractivity contribution >= 4 is 32.6 Å². The van der Waals surface area contributed by atoms with Crippen LogP contribution in [-0.2, 0) is 0 Å². The van der Waals surface area contributed by atoms with Gasteiger partial charge in [-0.05, 0) is 12.1 Å². The molecular formula is C17H9NO. The second-order valence-electron chi connectivity index (χ2n) is 4.88. The Balaban J connectivity index is 2.11. The van der Waals surface area contributed by atoms with Crippen molar-refractivity contribution in [3.63, 3.8) is 0 Å². The molecular weight excluding hydrogens is 234 g/mol. The number of benzene rings is 3. The van der Waals surface area contributed by atoms with Crippen molar-refractivity contribution in [3.05, 3.63) is 54.6 Å². The van der Waals surface area contributed by atoms with Crippen molar-refractivity contribution in [2.45, 2.75) is 0 Å². The lowest BCUT2D eigenvalue weighted by atomic mass is 10.0. The van der Waals surface area contributed by atoms with Gasteiger partial charge < -0.3 is 4.74 Å². The third-order valence-electron chi connectivity index (χ3n) is 3.76. The summed E-state index contributed by atoms with van der Waals surface area (Å²) in [5.74, 6) is 2.01. The molecule has 0 spiro atoms. The van der Waals surface area contributed by atoms with E-state index in [2.05, 4.69) is 30.3 Å². The summed E-state index contributed by atoms with van der Waals surface area (Å²) in [4.78, 5) is 4.82. The van der Waals surface area contributed by atoms with Gasteiger partial charge in [0.15, 0.2) is 11.5 Å². The molecule has 5 rings (SSSR count). The van der Waals surface area contributed by atoms with Gasteiger partial charge in [-0.1, -0.05) is 42.5 Å². The number of rotatable bonds is 0. The molecule has 0 atom stereocenters. The van der Waals surface area contributed by atoms with Gasteiger partial charge in [-0.25, -0.2) is 4.98 Å². The summed E-state index contributed by atoms with van der Waals surface area (Å²) in [6.07, 6.45) is 0. The van der Waals surface area contributed by atoms with Crippen molar-refractivity contribution in [1.29, 1.82) is 0 Å². The average molecular weight is 243 g/mol. The van der Waals surface area contributed by atoms with Gasteiger partial charge in [0.1, 0.15) is 0 Å². The third kappa shape index (κ3) is 1.13. The number of hydrogen-bond acceptors (Lipinski definition) is 2. The molecule has 1 aliphatic heterocycles. The lowest BCUT2D eigenvalue weighted by Gasteiger charge is -2.02. The molecule has 4 aromatic rings. The highest BCUT2D eigenvalue weighted by Crippen LogP contribution is 2.55. The molecule has 19 heavy (non-hydrogen) atoms. The van der Waals surface area contributed by atoms with Crippen LogP contribution in [0.1, 0.15) is 0 Å². The second kappa shape index (κ2) is 3.04. The normalized spacial score (nSPS) is 12.6. The van der Waals surface area contributed by atoms with E-state index in [1.165, 1.54) is 5.39 Å². The molecule has 3 aromatic carbocycles. The van der Waals surface area contributed by atoms with Crippen LogP contribution in [0.4, 0.5) is 0 Å². The summed E-state index contributed by atoms with van der Waals surface area (Å²) in [6, 6.07) is 18.7. The number of ether oxygens (including phenoxy) is 1. The van der Waals surface area contributed by atoms with Crippen LogP contribution in [0.3, 0.4) is 0 Å². The Morgan fingerprint density at radius 2 is 1.47 bits per heavy atom. The molecule has 0 radical (unpaired) electrons. The van der Waals surface area contributed by atoms with Crippen LogP contribution in [0, 0.1) is 0 Å². The molecule has 0 saturated heterocycles. The van der Waals surface area contributed by atoms with Gasteiger partial charge in [0, 0.05) is 21.5 Å². The quantitative estimate of drug-likeness (QED) is 0.225. The van der Waals surface area contributed by atoms with Crippen LogP contribution in [0.25, 0.3) is 32.6 Å². The van der Waals surface area contributed by atoms with Crippen LogP contribution < -0.4 is 4.74 Å². The average Bonchev–Trinajstić information content (AvgIpc) is 3.27. The standard InChI is InChI=1S/C17H9NO/c1-4-8-14-10(5-1)9-13-15(18-14)11-6-2-3-7-12(11)16-17(13)19-16/h1-9H. The Morgan fingerprint density at radius 1 is 0.737 bits per heavy atom. The zero-order valence-corrected chi connectivity index (χ0v) is 10.1. The summed E-state index contributed by atoms with van der Waals surface area (Å²) < 4.78 is 5.67. The molecule has 0 bridgehead atoms. The van der Waals surface area contributed by atoms with Crippen LogP contribution in [0.5, 0.6) is 11.5 Å². The van der Waals surface area contributed by atoms with Gasteiger partial charge in [0.2, 0.25) is 0 Å². The summed E-state index contributed by atoms with van der Waals surface area (Å²) >= 11 is 0. The first kappa shape index (κ1) is 9.34. The smallest absolute Gasteiger partial charge is 0.180 e. The maximum atomic E-state index is 5.67. The molecule has 0 saturated carbocycles.